The van der Waals surface area contributed by atoms with Gasteiger partial charge in [-0.15, -0.1) is 0 Å². The maximum atomic E-state index is 12.3. The van der Waals surface area contributed by atoms with Crippen molar-refractivity contribution in [1.29, 1.82) is 0 Å². The Labute approximate surface area is 121 Å². The second-order valence-corrected chi connectivity index (χ2v) is 7.13. The Balaban J connectivity index is 2.02. The lowest BCUT2D eigenvalue weighted by molar-refractivity contribution is -0.140. The van der Waals surface area contributed by atoms with Gasteiger partial charge in [0.1, 0.15) is 5.41 Å². The first-order valence-electron chi connectivity index (χ1n) is 7.58. The van der Waals surface area contributed by atoms with Crippen molar-refractivity contribution >= 4 is 11.8 Å². The highest BCUT2D eigenvalue weighted by Crippen LogP contribution is 2.38. The summed E-state index contributed by atoms with van der Waals surface area (Å²) < 4.78 is 0. The molecule has 0 aromatic heterocycles. The van der Waals surface area contributed by atoms with Gasteiger partial charge in [-0.2, -0.15) is 0 Å². The largest absolute Gasteiger partial charge is 0.369 e. The fourth-order valence-corrected chi connectivity index (χ4v) is 3.36. The molecule has 1 saturated heterocycles. The molecule has 114 valence electrons. The van der Waals surface area contributed by atoms with Crippen LogP contribution in [0.3, 0.4) is 0 Å². The molecule has 5 heteroatoms. The van der Waals surface area contributed by atoms with E-state index in [0.717, 1.165) is 25.9 Å². The molecule has 1 aliphatic heterocycles. The molecule has 1 saturated carbocycles. The number of carbonyl (C=O) groups is 2. The summed E-state index contributed by atoms with van der Waals surface area (Å²) in [6, 6.07) is 0.757. The molecule has 3 N–H and O–H groups in total. The van der Waals surface area contributed by atoms with Crippen molar-refractivity contribution in [3.63, 3.8) is 0 Å². The maximum absolute atomic E-state index is 12.3. The topological polar surface area (TPSA) is 75.4 Å². The SMILES string of the molecule is CC(C)N1C[C@H]2CC[C@@H](C1)C2NC(=O)C(C)(C)C(N)=O. The van der Waals surface area contributed by atoms with E-state index in [1.165, 1.54) is 0 Å². The van der Waals surface area contributed by atoms with Crippen molar-refractivity contribution in [3.05, 3.63) is 0 Å². The highest BCUT2D eigenvalue weighted by Gasteiger charge is 2.45. The highest BCUT2D eigenvalue weighted by atomic mass is 16.2. The van der Waals surface area contributed by atoms with Crippen molar-refractivity contribution < 1.29 is 9.59 Å². The van der Waals surface area contributed by atoms with Gasteiger partial charge in [-0.1, -0.05) is 0 Å². The van der Waals surface area contributed by atoms with Gasteiger partial charge in [0.05, 0.1) is 0 Å². The van der Waals surface area contributed by atoms with Gasteiger partial charge in [0, 0.05) is 25.2 Å². The molecule has 2 aliphatic rings. The van der Waals surface area contributed by atoms with E-state index in [1.807, 2.05) is 0 Å². The summed E-state index contributed by atoms with van der Waals surface area (Å²) in [6.45, 7) is 9.70. The van der Waals surface area contributed by atoms with Crippen LogP contribution in [-0.2, 0) is 9.59 Å². The van der Waals surface area contributed by atoms with E-state index in [0.29, 0.717) is 17.9 Å². The zero-order valence-corrected chi connectivity index (χ0v) is 13.0. The minimum absolute atomic E-state index is 0.205. The van der Waals surface area contributed by atoms with Crippen LogP contribution in [0.1, 0.15) is 40.5 Å². The Morgan fingerprint density at radius 2 is 1.70 bits per heavy atom. The predicted molar refractivity (Wildman–Crippen MR) is 77.8 cm³/mol. The summed E-state index contributed by atoms with van der Waals surface area (Å²) in [5, 5.41) is 3.10. The molecule has 20 heavy (non-hydrogen) atoms. The van der Waals surface area contributed by atoms with E-state index in [1.54, 1.807) is 13.8 Å². The first-order valence-corrected chi connectivity index (χ1v) is 7.58. The number of likely N-dealkylation sites (tertiary alicyclic amines) is 1. The summed E-state index contributed by atoms with van der Waals surface area (Å²) in [7, 11) is 0. The van der Waals surface area contributed by atoms with Crippen molar-refractivity contribution in [2.24, 2.45) is 23.0 Å². The van der Waals surface area contributed by atoms with E-state index in [4.69, 9.17) is 5.73 Å². The van der Waals surface area contributed by atoms with E-state index >= 15 is 0 Å². The van der Waals surface area contributed by atoms with Crippen molar-refractivity contribution in [1.82, 2.24) is 10.2 Å². The van der Waals surface area contributed by atoms with Gasteiger partial charge in [-0.05, 0) is 52.4 Å². The van der Waals surface area contributed by atoms with Gasteiger partial charge in [0.15, 0.2) is 0 Å². The number of hydrogen-bond acceptors (Lipinski definition) is 3. The number of primary amides is 1. The van der Waals surface area contributed by atoms with Gasteiger partial charge in [0.25, 0.3) is 0 Å². The Morgan fingerprint density at radius 1 is 1.20 bits per heavy atom. The lowest BCUT2D eigenvalue weighted by Gasteiger charge is -2.41. The molecule has 0 spiro atoms. The second-order valence-electron chi connectivity index (χ2n) is 7.13. The summed E-state index contributed by atoms with van der Waals surface area (Å²) in [6.07, 6.45) is 2.33. The molecule has 0 aromatic rings. The Hall–Kier alpha value is -1.10. The molecule has 3 atom stereocenters. The summed E-state index contributed by atoms with van der Waals surface area (Å²) in [5.74, 6) is 0.208. The van der Waals surface area contributed by atoms with Crippen LogP contribution in [0.4, 0.5) is 0 Å². The molecule has 5 nitrogen and oxygen atoms in total. The lowest BCUT2D eigenvalue weighted by Crippen LogP contribution is -2.57. The third-order valence-electron chi connectivity index (χ3n) is 5.07. The summed E-state index contributed by atoms with van der Waals surface area (Å²) in [4.78, 5) is 26.2. The van der Waals surface area contributed by atoms with Crippen molar-refractivity contribution in [2.45, 2.75) is 52.6 Å². The van der Waals surface area contributed by atoms with Crippen LogP contribution in [0.5, 0.6) is 0 Å². The van der Waals surface area contributed by atoms with Crippen LogP contribution in [0.2, 0.25) is 0 Å². The van der Waals surface area contributed by atoms with Gasteiger partial charge in [-0.3, -0.25) is 9.59 Å². The number of nitrogens with two attached hydrogens (primary N) is 1. The quantitative estimate of drug-likeness (QED) is 0.746. The average molecular weight is 281 g/mol. The minimum Gasteiger partial charge on any atom is -0.369 e. The monoisotopic (exact) mass is 281 g/mol. The van der Waals surface area contributed by atoms with E-state index < -0.39 is 11.3 Å². The average Bonchev–Trinajstić information content (AvgIpc) is 2.60. The highest BCUT2D eigenvalue weighted by molar-refractivity contribution is 6.03. The Bertz CT molecular complexity index is 392. The molecule has 0 radical (unpaired) electrons. The smallest absolute Gasteiger partial charge is 0.235 e. The standard InChI is InChI=1S/C15H27N3O2/c1-9(2)18-7-10-5-6-11(8-18)12(10)17-14(20)15(3,4)13(16)19/h9-12H,5-8H2,1-4H3,(H2,16,19)(H,17,20)/t10-,11+,12?. The molecule has 2 fully saturated rings. The Kier molecular flexibility index (Phi) is 4.09. The van der Waals surface area contributed by atoms with E-state index in [-0.39, 0.29) is 11.9 Å². The molecule has 1 unspecified atom stereocenters. The van der Waals surface area contributed by atoms with E-state index in [2.05, 4.69) is 24.1 Å². The maximum Gasteiger partial charge on any atom is 0.235 e. The molecule has 1 heterocycles. The fraction of sp³-hybridized carbons (Fsp3) is 0.867. The second kappa shape index (κ2) is 5.35. The fourth-order valence-electron chi connectivity index (χ4n) is 3.36. The number of piperidine rings is 1. The van der Waals surface area contributed by atoms with Crippen molar-refractivity contribution in [3.8, 4) is 0 Å². The normalized spacial score (nSPS) is 30.6. The third kappa shape index (κ3) is 2.68. The van der Waals surface area contributed by atoms with Crippen LogP contribution >= 0.6 is 0 Å². The molecule has 2 rings (SSSR count). The molecular weight excluding hydrogens is 254 g/mol. The molecular formula is C15H27N3O2. The van der Waals surface area contributed by atoms with E-state index in [9.17, 15) is 9.59 Å². The van der Waals surface area contributed by atoms with Crippen molar-refractivity contribution in [2.75, 3.05) is 13.1 Å². The number of carbonyl (C=O) groups excluding carboxylic acids is 2. The molecule has 1 aliphatic carbocycles. The lowest BCUT2D eigenvalue weighted by atomic mass is 9.87. The number of rotatable bonds is 4. The number of nitrogens with one attached hydrogen (secondary N) is 1. The molecule has 2 amide bonds. The third-order valence-corrected chi connectivity index (χ3v) is 5.07. The minimum atomic E-state index is -1.13. The number of amides is 2. The number of fused-ring (bicyclic) bond motifs is 2. The summed E-state index contributed by atoms with van der Waals surface area (Å²) >= 11 is 0. The molecule has 2 bridgehead atoms. The van der Waals surface area contributed by atoms with Gasteiger partial charge in [-0.25, -0.2) is 0 Å². The zero-order chi connectivity index (χ0) is 15.1. The van der Waals surface area contributed by atoms with Crippen LogP contribution < -0.4 is 11.1 Å². The van der Waals surface area contributed by atoms with Gasteiger partial charge in [0.2, 0.25) is 11.8 Å². The predicted octanol–water partition coefficient (Wildman–Crippen LogP) is 0.733. The van der Waals surface area contributed by atoms with Crippen LogP contribution in [-0.4, -0.2) is 41.9 Å². The zero-order valence-electron chi connectivity index (χ0n) is 13.0. The first kappa shape index (κ1) is 15.3. The molecule has 0 aromatic carbocycles. The van der Waals surface area contributed by atoms with Crippen LogP contribution in [0.25, 0.3) is 0 Å². The Morgan fingerprint density at radius 3 is 2.10 bits per heavy atom. The van der Waals surface area contributed by atoms with Crippen LogP contribution in [0, 0.1) is 17.3 Å². The van der Waals surface area contributed by atoms with Gasteiger partial charge < -0.3 is 16.0 Å². The number of hydrogen-bond donors (Lipinski definition) is 2. The van der Waals surface area contributed by atoms with Gasteiger partial charge >= 0.3 is 0 Å². The first-order chi connectivity index (χ1) is 9.23. The summed E-state index contributed by atoms with van der Waals surface area (Å²) in [5.41, 5.74) is 4.18. The number of nitrogens with zero attached hydrogens (tertiary/aromatic N) is 1. The van der Waals surface area contributed by atoms with Crippen LogP contribution in [0.15, 0.2) is 0 Å².